The lowest BCUT2D eigenvalue weighted by atomic mass is 9.97. The standard InChI is InChI=1S/C19H30N4O2/c1-3-22-9-11-23(12-10-22)17-6-4-5-16(13-17)20-18(25)21-19(2,14-24)15-7-8-15/h4-6,13,15,24H,3,7-12,14H2,1-2H3,(H2,20,21,25)/t19-/m1/s1. The first-order chi connectivity index (χ1) is 12.0. The lowest BCUT2D eigenvalue weighted by molar-refractivity contribution is 0.159. The number of rotatable bonds is 6. The van der Waals surface area contributed by atoms with Crippen molar-refractivity contribution in [2.45, 2.75) is 32.2 Å². The van der Waals surface area contributed by atoms with Gasteiger partial charge in [-0.15, -0.1) is 0 Å². The number of hydrogen-bond acceptors (Lipinski definition) is 4. The average Bonchev–Trinajstić information content (AvgIpc) is 3.47. The zero-order valence-corrected chi connectivity index (χ0v) is 15.3. The molecule has 6 nitrogen and oxygen atoms in total. The zero-order valence-electron chi connectivity index (χ0n) is 15.3. The highest BCUT2D eigenvalue weighted by Crippen LogP contribution is 2.39. The molecule has 3 rings (SSSR count). The van der Waals surface area contributed by atoms with Crippen LogP contribution in [0, 0.1) is 5.92 Å². The van der Waals surface area contributed by atoms with Crippen molar-refractivity contribution in [3.63, 3.8) is 0 Å². The highest BCUT2D eigenvalue weighted by Gasteiger charge is 2.42. The molecular weight excluding hydrogens is 316 g/mol. The van der Waals surface area contributed by atoms with Gasteiger partial charge in [0.25, 0.3) is 0 Å². The van der Waals surface area contributed by atoms with Gasteiger partial charge in [-0.2, -0.15) is 0 Å². The van der Waals surface area contributed by atoms with Gasteiger partial charge in [-0.25, -0.2) is 4.79 Å². The summed E-state index contributed by atoms with van der Waals surface area (Å²) in [4.78, 5) is 17.1. The van der Waals surface area contributed by atoms with Crippen LogP contribution in [-0.2, 0) is 0 Å². The molecule has 0 aromatic heterocycles. The number of nitrogens with zero attached hydrogens (tertiary/aromatic N) is 2. The van der Waals surface area contributed by atoms with E-state index in [9.17, 15) is 9.90 Å². The summed E-state index contributed by atoms with van der Waals surface area (Å²) in [5.41, 5.74) is 1.39. The molecule has 1 aliphatic heterocycles. The molecule has 1 atom stereocenters. The van der Waals surface area contributed by atoms with Gasteiger partial charge in [0, 0.05) is 37.6 Å². The Hall–Kier alpha value is -1.79. The molecule has 0 bridgehead atoms. The van der Waals surface area contributed by atoms with Crippen molar-refractivity contribution >= 4 is 17.4 Å². The maximum atomic E-state index is 12.3. The van der Waals surface area contributed by atoms with Crippen molar-refractivity contribution < 1.29 is 9.90 Å². The number of carbonyl (C=O) groups excluding carboxylic acids is 1. The maximum absolute atomic E-state index is 12.3. The van der Waals surface area contributed by atoms with Gasteiger partial charge in [-0.3, -0.25) is 0 Å². The SMILES string of the molecule is CCN1CCN(c2cccc(NC(=O)N[C@](C)(CO)C3CC3)c2)CC1. The number of nitrogens with one attached hydrogen (secondary N) is 2. The van der Waals surface area contributed by atoms with Crippen LogP contribution < -0.4 is 15.5 Å². The molecule has 2 aliphatic rings. The highest BCUT2D eigenvalue weighted by atomic mass is 16.3. The van der Waals surface area contributed by atoms with E-state index >= 15 is 0 Å². The fraction of sp³-hybridized carbons (Fsp3) is 0.632. The summed E-state index contributed by atoms with van der Waals surface area (Å²) in [7, 11) is 0. The summed E-state index contributed by atoms with van der Waals surface area (Å²) in [6.45, 7) is 9.33. The molecule has 1 saturated heterocycles. The van der Waals surface area contributed by atoms with Crippen LogP contribution in [0.15, 0.2) is 24.3 Å². The van der Waals surface area contributed by atoms with Gasteiger partial charge in [-0.05, 0) is 50.4 Å². The van der Waals surface area contributed by atoms with Crippen molar-refractivity contribution in [3.8, 4) is 0 Å². The van der Waals surface area contributed by atoms with E-state index in [0.29, 0.717) is 5.92 Å². The average molecular weight is 346 g/mol. The molecule has 1 aromatic rings. The second-order valence-electron chi connectivity index (χ2n) is 7.40. The summed E-state index contributed by atoms with van der Waals surface area (Å²) in [6, 6.07) is 7.74. The van der Waals surface area contributed by atoms with Crippen molar-refractivity contribution in [1.82, 2.24) is 10.2 Å². The van der Waals surface area contributed by atoms with E-state index in [1.54, 1.807) is 0 Å². The molecule has 1 heterocycles. The Morgan fingerprint density at radius 2 is 2.00 bits per heavy atom. The summed E-state index contributed by atoms with van der Waals surface area (Å²) in [5.74, 6) is 0.379. The van der Waals surface area contributed by atoms with Gasteiger partial charge in [0.1, 0.15) is 0 Å². The number of aliphatic hydroxyl groups is 1. The van der Waals surface area contributed by atoms with Crippen LogP contribution in [0.2, 0.25) is 0 Å². The fourth-order valence-electron chi connectivity index (χ4n) is 3.52. The van der Waals surface area contributed by atoms with Crippen molar-refractivity contribution in [2.24, 2.45) is 5.92 Å². The highest BCUT2D eigenvalue weighted by molar-refractivity contribution is 5.90. The molecule has 0 unspecified atom stereocenters. The van der Waals surface area contributed by atoms with E-state index < -0.39 is 5.54 Å². The van der Waals surface area contributed by atoms with Gasteiger partial charge < -0.3 is 25.5 Å². The molecule has 1 aromatic carbocycles. The number of carbonyl (C=O) groups is 1. The minimum absolute atomic E-state index is 0.0349. The second-order valence-corrected chi connectivity index (χ2v) is 7.40. The monoisotopic (exact) mass is 346 g/mol. The third-order valence-electron chi connectivity index (χ3n) is 5.49. The molecule has 2 fully saturated rings. The predicted octanol–water partition coefficient (Wildman–Crippen LogP) is 2.11. The molecular formula is C19H30N4O2. The first-order valence-corrected chi connectivity index (χ1v) is 9.31. The summed E-state index contributed by atoms with van der Waals surface area (Å²) in [5, 5.41) is 15.5. The Bertz CT molecular complexity index is 597. The maximum Gasteiger partial charge on any atom is 0.319 e. The number of urea groups is 1. The normalized spacial score (nSPS) is 20.8. The molecule has 1 saturated carbocycles. The van der Waals surface area contributed by atoms with E-state index in [1.165, 1.54) is 0 Å². The van der Waals surface area contributed by atoms with E-state index in [-0.39, 0.29) is 12.6 Å². The number of amides is 2. The van der Waals surface area contributed by atoms with E-state index in [0.717, 1.165) is 56.9 Å². The minimum atomic E-state index is -0.530. The van der Waals surface area contributed by atoms with Crippen molar-refractivity contribution in [2.75, 3.05) is 49.5 Å². The van der Waals surface area contributed by atoms with Crippen LogP contribution in [-0.4, -0.2) is 60.9 Å². The first-order valence-electron chi connectivity index (χ1n) is 9.31. The zero-order chi connectivity index (χ0) is 17.9. The Labute approximate surface area is 150 Å². The Balaban J connectivity index is 1.59. The van der Waals surface area contributed by atoms with Crippen molar-refractivity contribution in [1.29, 1.82) is 0 Å². The van der Waals surface area contributed by atoms with E-state index in [1.807, 2.05) is 25.1 Å². The molecule has 25 heavy (non-hydrogen) atoms. The number of likely N-dealkylation sites (N-methyl/N-ethyl adjacent to an activating group) is 1. The molecule has 0 spiro atoms. The summed E-state index contributed by atoms with van der Waals surface area (Å²) in [6.07, 6.45) is 2.13. The van der Waals surface area contributed by atoms with Gasteiger partial charge in [0.2, 0.25) is 0 Å². The van der Waals surface area contributed by atoms with Gasteiger partial charge in [0.05, 0.1) is 12.1 Å². The lowest BCUT2D eigenvalue weighted by Crippen LogP contribution is -2.52. The molecule has 1 aliphatic carbocycles. The molecule has 0 radical (unpaired) electrons. The van der Waals surface area contributed by atoms with Gasteiger partial charge in [-0.1, -0.05) is 13.0 Å². The minimum Gasteiger partial charge on any atom is -0.394 e. The smallest absolute Gasteiger partial charge is 0.319 e. The molecule has 3 N–H and O–H groups in total. The van der Waals surface area contributed by atoms with Crippen LogP contribution in [0.4, 0.5) is 16.2 Å². The topological polar surface area (TPSA) is 67.8 Å². The summed E-state index contributed by atoms with van der Waals surface area (Å²) < 4.78 is 0. The number of hydrogen-bond donors (Lipinski definition) is 3. The predicted molar refractivity (Wildman–Crippen MR) is 101 cm³/mol. The molecule has 2 amide bonds. The van der Waals surface area contributed by atoms with Crippen LogP contribution in [0.25, 0.3) is 0 Å². The van der Waals surface area contributed by atoms with Crippen LogP contribution in [0.3, 0.4) is 0 Å². The summed E-state index contributed by atoms with van der Waals surface area (Å²) >= 11 is 0. The number of piperazine rings is 1. The van der Waals surface area contributed by atoms with E-state index in [2.05, 4.69) is 33.4 Å². The fourth-order valence-corrected chi connectivity index (χ4v) is 3.52. The second kappa shape index (κ2) is 7.62. The third-order valence-corrected chi connectivity index (χ3v) is 5.49. The first kappa shape index (κ1) is 18.0. The van der Waals surface area contributed by atoms with Crippen LogP contribution in [0.5, 0.6) is 0 Å². The quantitative estimate of drug-likeness (QED) is 0.738. The number of aliphatic hydroxyl groups excluding tert-OH is 1. The molecule has 138 valence electrons. The van der Waals surface area contributed by atoms with Gasteiger partial charge >= 0.3 is 6.03 Å². The Morgan fingerprint density at radius 3 is 2.60 bits per heavy atom. The van der Waals surface area contributed by atoms with Crippen LogP contribution >= 0.6 is 0 Å². The van der Waals surface area contributed by atoms with Crippen molar-refractivity contribution in [3.05, 3.63) is 24.3 Å². The Morgan fingerprint density at radius 1 is 1.28 bits per heavy atom. The van der Waals surface area contributed by atoms with E-state index in [4.69, 9.17) is 0 Å². The molecule has 6 heteroatoms. The third kappa shape index (κ3) is 4.44. The lowest BCUT2D eigenvalue weighted by Gasteiger charge is -2.35. The number of benzene rings is 1. The van der Waals surface area contributed by atoms with Gasteiger partial charge in [0.15, 0.2) is 0 Å². The largest absolute Gasteiger partial charge is 0.394 e. The van der Waals surface area contributed by atoms with Crippen LogP contribution in [0.1, 0.15) is 26.7 Å². The Kier molecular flexibility index (Phi) is 5.49. The number of anilines is 2.